The zero-order valence-electron chi connectivity index (χ0n) is 27.0. The Kier molecular flexibility index (Phi) is 7.66. The van der Waals surface area contributed by atoms with Crippen LogP contribution in [0.25, 0.3) is 49.5 Å². The van der Waals surface area contributed by atoms with E-state index < -0.39 is 0 Å². The molecule has 3 nitrogen and oxygen atoms in total. The summed E-state index contributed by atoms with van der Waals surface area (Å²) in [5.41, 5.74) is 12.8. The molecule has 1 aliphatic rings. The highest BCUT2D eigenvalue weighted by molar-refractivity contribution is 7.18. The highest BCUT2D eigenvalue weighted by Crippen LogP contribution is 2.43. The minimum Gasteiger partial charge on any atom is -0.240 e. The van der Waals surface area contributed by atoms with Gasteiger partial charge in [-0.2, -0.15) is 4.57 Å². The van der Waals surface area contributed by atoms with E-state index in [2.05, 4.69) is 130 Å². The number of thiazole rings is 1. The molecule has 0 bridgehead atoms. The Balaban J connectivity index is 1.57. The zero-order chi connectivity index (χ0) is 30.5. The summed E-state index contributed by atoms with van der Waals surface area (Å²) in [5.74, 6) is 2.50. The summed E-state index contributed by atoms with van der Waals surface area (Å²) < 4.78 is 6.29. The molecular formula is C40H44N3S+. The van der Waals surface area contributed by atoms with Gasteiger partial charge in [-0.25, -0.2) is 9.55 Å². The van der Waals surface area contributed by atoms with Crippen LogP contribution in [-0.4, -0.2) is 9.55 Å². The third kappa shape index (κ3) is 4.88. The molecule has 0 saturated heterocycles. The lowest BCUT2D eigenvalue weighted by molar-refractivity contribution is -0.633. The van der Waals surface area contributed by atoms with Crippen LogP contribution in [0.5, 0.6) is 0 Å². The monoisotopic (exact) mass is 598 g/mol. The fraction of sp³-hybridized carbons (Fsp3) is 0.350. The molecule has 0 unspecified atom stereocenters. The molecule has 6 aromatic rings. The molecule has 0 N–H and O–H groups in total. The van der Waals surface area contributed by atoms with Crippen molar-refractivity contribution in [3.05, 3.63) is 101 Å². The normalized spacial score (nSPS) is 14.5. The molecule has 7 rings (SSSR count). The smallest absolute Gasteiger partial charge is 0.240 e. The molecule has 1 fully saturated rings. The second kappa shape index (κ2) is 11.6. The predicted molar refractivity (Wildman–Crippen MR) is 187 cm³/mol. The largest absolute Gasteiger partial charge is 0.297 e. The van der Waals surface area contributed by atoms with Gasteiger partial charge >= 0.3 is 0 Å². The van der Waals surface area contributed by atoms with Crippen molar-refractivity contribution in [3.63, 3.8) is 0 Å². The molecule has 2 heterocycles. The lowest BCUT2D eigenvalue weighted by Crippen LogP contribution is -2.30. The maximum absolute atomic E-state index is 5.48. The Hall–Kier alpha value is -3.76. The lowest BCUT2D eigenvalue weighted by atomic mass is 9.88. The number of hydrogen-bond donors (Lipinski definition) is 0. The minimum atomic E-state index is 0.347. The molecule has 44 heavy (non-hydrogen) atoms. The molecule has 1 aliphatic carbocycles. The van der Waals surface area contributed by atoms with Gasteiger partial charge in [0.25, 0.3) is 5.82 Å². The molecule has 0 aliphatic heterocycles. The average Bonchev–Trinajstić information content (AvgIpc) is 3.60. The number of nitrogens with zero attached hydrogens (tertiary/aromatic N) is 3. The molecule has 4 heteroatoms. The van der Waals surface area contributed by atoms with Gasteiger partial charge in [0.1, 0.15) is 5.69 Å². The van der Waals surface area contributed by atoms with Crippen molar-refractivity contribution in [3.8, 4) is 28.2 Å². The minimum absolute atomic E-state index is 0.347. The van der Waals surface area contributed by atoms with E-state index in [1.807, 2.05) is 11.3 Å². The van der Waals surface area contributed by atoms with E-state index in [0.29, 0.717) is 17.8 Å². The second-order valence-corrected chi connectivity index (χ2v) is 14.4. The van der Waals surface area contributed by atoms with Gasteiger partial charge < -0.3 is 0 Å². The summed E-state index contributed by atoms with van der Waals surface area (Å²) in [5, 5.41) is 1.33. The first-order chi connectivity index (χ1) is 21.3. The zero-order valence-corrected chi connectivity index (χ0v) is 27.8. The third-order valence-electron chi connectivity index (χ3n) is 9.72. The van der Waals surface area contributed by atoms with Crippen LogP contribution < -0.4 is 4.57 Å². The summed E-state index contributed by atoms with van der Waals surface area (Å²) in [4.78, 5) is 5.48. The number of fused-ring (bicyclic) bond motifs is 2. The number of aryl methyl sites for hydroxylation is 2. The highest BCUT2D eigenvalue weighted by Gasteiger charge is 2.34. The molecule has 2 aromatic heterocycles. The number of para-hydroxylation sites is 2. The van der Waals surface area contributed by atoms with E-state index in [9.17, 15) is 0 Å². The fourth-order valence-electron chi connectivity index (χ4n) is 7.36. The van der Waals surface area contributed by atoms with E-state index >= 15 is 0 Å². The Morgan fingerprint density at radius 1 is 0.795 bits per heavy atom. The van der Waals surface area contributed by atoms with Gasteiger partial charge in [0.05, 0.1) is 27.8 Å². The topological polar surface area (TPSA) is 21.7 Å². The van der Waals surface area contributed by atoms with E-state index in [1.54, 1.807) is 0 Å². The molecular weight excluding hydrogens is 555 g/mol. The van der Waals surface area contributed by atoms with E-state index in [-0.39, 0.29) is 0 Å². The Morgan fingerprint density at radius 3 is 2.14 bits per heavy atom. The first-order valence-electron chi connectivity index (χ1n) is 16.5. The summed E-state index contributed by atoms with van der Waals surface area (Å²) in [6, 6.07) is 29.3. The van der Waals surface area contributed by atoms with Crippen LogP contribution in [0.4, 0.5) is 0 Å². The van der Waals surface area contributed by atoms with Crippen LogP contribution in [0, 0.1) is 6.92 Å². The van der Waals surface area contributed by atoms with Gasteiger partial charge in [-0.3, -0.25) is 0 Å². The quantitative estimate of drug-likeness (QED) is 0.175. The number of rotatable bonds is 6. The van der Waals surface area contributed by atoms with Gasteiger partial charge in [-0.15, -0.1) is 11.3 Å². The average molecular weight is 599 g/mol. The van der Waals surface area contributed by atoms with Gasteiger partial charge in [0.2, 0.25) is 0 Å². The fourth-order valence-corrected chi connectivity index (χ4v) is 8.50. The van der Waals surface area contributed by atoms with Gasteiger partial charge in [-0.1, -0.05) is 95.5 Å². The first-order valence-corrected chi connectivity index (χ1v) is 17.3. The van der Waals surface area contributed by atoms with E-state index in [4.69, 9.17) is 4.98 Å². The highest BCUT2D eigenvalue weighted by atomic mass is 32.1. The van der Waals surface area contributed by atoms with Crippen molar-refractivity contribution < 1.29 is 4.57 Å². The van der Waals surface area contributed by atoms with Crippen molar-refractivity contribution in [2.45, 2.75) is 84.5 Å². The maximum atomic E-state index is 5.48. The third-order valence-corrected chi connectivity index (χ3v) is 10.9. The molecule has 0 spiro atoms. The SMILES string of the molecule is Cc1ccc2sc(C3CCCCC3)nc2c1-c1n(-c2c(C(C)C)cc(-c3ccccc3)cc2C(C)C)c2ccccc2[n+]1C. The Labute approximate surface area is 266 Å². The lowest BCUT2D eigenvalue weighted by Gasteiger charge is -2.21. The molecule has 224 valence electrons. The summed E-state index contributed by atoms with van der Waals surface area (Å²) in [7, 11) is 2.24. The summed E-state index contributed by atoms with van der Waals surface area (Å²) in [6.07, 6.45) is 6.55. The van der Waals surface area contributed by atoms with Gasteiger partial charge in [0, 0.05) is 17.0 Å². The Bertz CT molecular complexity index is 1940. The standard InChI is InChI=1S/C40H44N3S/c1-25(2)31-23-30(28-15-9-7-10-16-28)24-32(26(3)4)38(31)43-34-20-14-13-19-33(34)42(6)40(43)36-27(5)21-22-35-37(36)41-39(44-35)29-17-11-8-12-18-29/h7,9-10,13-16,19-26,29H,8,11-12,17-18H2,1-6H3/q+1. The van der Waals surface area contributed by atoms with Crippen molar-refractivity contribution >= 4 is 32.6 Å². The van der Waals surface area contributed by atoms with Crippen LogP contribution in [0.15, 0.2) is 78.9 Å². The summed E-state index contributed by atoms with van der Waals surface area (Å²) in [6.45, 7) is 11.6. The molecule has 0 radical (unpaired) electrons. The number of benzene rings is 4. The van der Waals surface area contributed by atoms with Crippen molar-refractivity contribution in [2.24, 2.45) is 7.05 Å². The number of hydrogen-bond acceptors (Lipinski definition) is 2. The molecule has 1 saturated carbocycles. The van der Waals surface area contributed by atoms with Crippen LogP contribution in [-0.2, 0) is 7.05 Å². The van der Waals surface area contributed by atoms with Crippen LogP contribution in [0.2, 0.25) is 0 Å². The predicted octanol–water partition coefficient (Wildman–Crippen LogP) is 11.0. The maximum Gasteiger partial charge on any atom is 0.297 e. The van der Waals surface area contributed by atoms with E-state index in [1.165, 1.54) is 97.7 Å². The molecule has 0 amide bonds. The second-order valence-electron chi connectivity index (χ2n) is 13.4. The summed E-state index contributed by atoms with van der Waals surface area (Å²) >= 11 is 1.92. The molecule has 0 atom stereocenters. The first kappa shape index (κ1) is 29.0. The van der Waals surface area contributed by atoms with E-state index in [0.717, 1.165) is 5.52 Å². The van der Waals surface area contributed by atoms with Crippen LogP contribution in [0.3, 0.4) is 0 Å². The van der Waals surface area contributed by atoms with Gasteiger partial charge in [0.15, 0.2) is 11.0 Å². The van der Waals surface area contributed by atoms with Gasteiger partial charge in [-0.05, 0) is 78.6 Å². The molecule has 4 aromatic carbocycles. The number of imidazole rings is 1. The van der Waals surface area contributed by atoms with Crippen molar-refractivity contribution in [1.29, 1.82) is 0 Å². The van der Waals surface area contributed by atoms with Crippen LogP contribution >= 0.6 is 11.3 Å². The van der Waals surface area contributed by atoms with Crippen LogP contribution in [0.1, 0.15) is 99.3 Å². The number of aromatic nitrogens is 3. The Morgan fingerprint density at radius 2 is 1.45 bits per heavy atom. The van der Waals surface area contributed by atoms with Crippen molar-refractivity contribution in [2.75, 3.05) is 0 Å². The van der Waals surface area contributed by atoms with Crippen molar-refractivity contribution in [1.82, 2.24) is 9.55 Å².